The summed E-state index contributed by atoms with van der Waals surface area (Å²) >= 11 is 1.86. The molecule has 9 rings (SSSR count). The van der Waals surface area contributed by atoms with Gasteiger partial charge in [0.05, 0.1) is 40.0 Å². The number of hydrogen-bond acceptors (Lipinski definition) is 3. The number of thiophene rings is 1. The molecule has 0 radical (unpaired) electrons. The smallest absolute Gasteiger partial charge is 0.0991 e. The Morgan fingerprint density at radius 3 is 2.11 bits per heavy atom. The molecule has 0 saturated carbocycles. The van der Waals surface area contributed by atoms with Gasteiger partial charge in [0.15, 0.2) is 0 Å². The molecule has 0 amide bonds. The van der Waals surface area contributed by atoms with Crippen LogP contribution in [0.5, 0.6) is 0 Å². The molecule has 0 atom stereocenters. The molecule has 0 saturated heterocycles. The van der Waals surface area contributed by atoms with E-state index in [1.165, 1.54) is 42.4 Å². The molecular formula is C41H25N3S. The fourth-order valence-electron chi connectivity index (χ4n) is 7.57. The fourth-order valence-corrected chi connectivity index (χ4v) is 8.96. The van der Waals surface area contributed by atoms with Gasteiger partial charge in [-0.15, -0.1) is 11.3 Å². The van der Waals surface area contributed by atoms with Crippen LogP contribution in [-0.4, -0.2) is 4.57 Å². The summed E-state index contributed by atoms with van der Waals surface area (Å²) in [4.78, 5) is 0. The quantitative estimate of drug-likeness (QED) is 0.201. The van der Waals surface area contributed by atoms with Crippen molar-refractivity contribution in [2.75, 3.05) is 0 Å². The predicted molar refractivity (Wildman–Crippen MR) is 186 cm³/mol. The first-order valence-corrected chi connectivity index (χ1v) is 15.9. The van der Waals surface area contributed by atoms with Gasteiger partial charge >= 0.3 is 0 Å². The third-order valence-corrected chi connectivity index (χ3v) is 10.9. The molecule has 0 bridgehead atoms. The first-order chi connectivity index (χ1) is 22.0. The van der Waals surface area contributed by atoms with Crippen molar-refractivity contribution >= 4 is 53.3 Å². The Labute approximate surface area is 264 Å². The highest BCUT2D eigenvalue weighted by molar-refractivity contribution is 7.27. The SMILES string of the molecule is CC1(C)c2ccccc2-c2c1ccc1c2sc2c(-c3cc(C#N)ccc3-n3c4ccccc4c4cc(C#N)ccc43)cccc21. The molecule has 2 heterocycles. The highest BCUT2D eigenvalue weighted by atomic mass is 32.1. The molecule has 0 fully saturated rings. The molecular weight excluding hydrogens is 567 g/mol. The van der Waals surface area contributed by atoms with Crippen molar-refractivity contribution in [1.82, 2.24) is 4.57 Å². The zero-order valence-corrected chi connectivity index (χ0v) is 25.5. The van der Waals surface area contributed by atoms with Crippen LogP contribution in [0.3, 0.4) is 0 Å². The Morgan fingerprint density at radius 2 is 1.24 bits per heavy atom. The second kappa shape index (κ2) is 9.16. The van der Waals surface area contributed by atoms with Crippen molar-refractivity contribution in [2.45, 2.75) is 19.3 Å². The van der Waals surface area contributed by atoms with E-state index in [4.69, 9.17) is 0 Å². The minimum atomic E-state index is -0.0602. The first-order valence-electron chi connectivity index (χ1n) is 15.1. The molecule has 2 aromatic heterocycles. The lowest BCUT2D eigenvalue weighted by atomic mass is 9.82. The maximum atomic E-state index is 10.0. The number of para-hydroxylation sites is 1. The third kappa shape index (κ3) is 3.43. The van der Waals surface area contributed by atoms with Crippen LogP contribution in [0, 0.1) is 22.7 Å². The van der Waals surface area contributed by atoms with Crippen molar-refractivity contribution in [3.63, 3.8) is 0 Å². The minimum absolute atomic E-state index is 0.0602. The van der Waals surface area contributed by atoms with Gasteiger partial charge in [-0.3, -0.25) is 0 Å². The summed E-state index contributed by atoms with van der Waals surface area (Å²) in [6.45, 7) is 4.65. The van der Waals surface area contributed by atoms with E-state index in [-0.39, 0.29) is 5.41 Å². The molecule has 4 heteroatoms. The van der Waals surface area contributed by atoms with Gasteiger partial charge in [0.1, 0.15) is 0 Å². The summed E-state index contributed by atoms with van der Waals surface area (Å²) in [6.07, 6.45) is 0. The van der Waals surface area contributed by atoms with Crippen LogP contribution in [0.25, 0.3) is 69.9 Å². The van der Waals surface area contributed by atoms with Gasteiger partial charge in [0.2, 0.25) is 0 Å². The predicted octanol–water partition coefficient (Wildman–Crippen LogP) is 10.9. The molecule has 0 spiro atoms. The average Bonchev–Trinajstić information content (AvgIpc) is 3.70. The van der Waals surface area contributed by atoms with Crippen LogP contribution in [0.15, 0.2) is 115 Å². The Bertz CT molecular complexity index is 2650. The van der Waals surface area contributed by atoms with E-state index in [9.17, 15) is 10.5 Å². The van der Waals surface area contributed by atoms with Crippen LogP contribution in [0.2, 0.25) is 0 Å². The van der Waals surface area contributed by atoms with Crippen LogP contribution >= 0.6 is 11.3 Å². The summed E-state index contributed by atoms with van der Waals surface area (Å²) in [5, 5.41) is 24.3. The lowest BCUT2D eigenvalue weighted by Gasteiger charge is -2.21. The molecule has 210 valence electrons. The van der Waals surface area contributed by atoms with Gasteiger partial charge in [-0.05, 0) is 59.2 Å². The zero-order valence-electron chi connectivity index (χ0n) is 24.7. The van der Waals surface area contributed by atoms with Gasteiger partial charge in [-0.25, -0.2) is 0 Å². The van der Waals surface area contributed by atoms with E-state index in [2.05, 4.69) is 109 Å². The Morgan fingerprint density at radius 1 is 0.556 bits per heavy atom. The largest absolute Gasteiger partial charge is 0.309 e. The number of fused-ring (bicyclic) bond motifs is 10. The summed E-state index contributed by atoms with van der Waals surface area (Å²) < 4.78 is 4.81. The van der Waals surface area contributed by atoms with Gasteiger partial charge < -0.3 is 4.57 Å². The summed E-state index contributed by atoms with van der Waals surface area (Å²) in [6, 6.07) is 45.0. The van der Waals surface area contributed by atoms with Crippen LogP contribution in [0.1, 0.15) is 36.1 Å². The third-order valence-electron chi connectivity index (χ3n) is 9.67. The lowest BCUT2D eigenvalue weighted by Crippen LogP contribution is -2.14. The summed E-state index contributed by atoms with van der Waals surface area (Å²) in [7, 11) is 0. The minimum Gasteiger partial charge on any atom is -0.309 e. The second-order valence-corrected chi connectivity index (χ2v) is 13.4. The van der Waals surface area contributed by atoms with E-state index in [0.717, 1.165) is 38.6 Å². The maximum absolute atomic E-state index is 10.0. The Balaban J connectivity index is 1.37. The number of rotatable bonds is 2. The van der Waals surface area contributed by atoms with E-state index < -0.39 is 0 Å². The topological polar surface area (TPSA) is 52.5 Å². The highest BCUT2D eigenvalue weighted by Gasteiger charge is 2.36. The lowest BCUT2D eigenvalue weighted by molar-refractivity contribution is 0.661. The summed E-state index contributed by atoms with van der Waals surface area (Å²) in [5.41, 5.74) is 11.8. The molecule has 0 N–H and O–H groups in total. The van der Waals surface area contributed by atoms with Crippen LogP contribution in [-0.2, 0) is 5.41 Å². The normalized spacial score (nSPS) is 13.2. The Hall–Kier alpha value is -5.68. The molecule has 3 nitrogen and oxygen atoms in total. The van der Waals surface area contributed by atoms with E-state index in [1.54, 1.807) is 0 Å². The number of benzene rings is 6. The van der Waals surface area contributed by atoms with Gasteiger partial charge in [-0.2, -0.15) is 10.5 Å². The van der Waals surface area contributed by atoms with Gasteiger partial charge in [-0.1, -0.05) is 86.6 Å². The number of aromatic nitrogens is 1. The molecule has 1 aliphatic carbocycles. The van der Waals surface area contributed by atoms with E-state index in [1.807, 2.05) is 47.7 Å². The number of hydrogen-bond donors (Lipinski definition) is 0. The van der Waals surface area contributed by atoms with Crippen molar-refractivity contribution < 1.29 is 0 Å². The van der Waals surface area contributed by atoms with Crippen molar-refractivity contribution in [1.29, 1.82) is 10.5 Å². The zero-order chi connectivity index (χ0) is 30.4. The second-order valence-electron chi connectivity index (χ2n) is 12.4. The van der Waals surface area contributed by atoms with E-state index in [0.29, 0.717) is 11.1 Å². The fraction of sp³-hybridized carbons (Fsp3) is 0.0732. The van der Waals surface area contributed by atoms with Crippen molar-refractivity contribution in [2.24, 2.45) is 0 Å². The number of nitrogens with zero attached hydrogens (tertiary/aromatic N) is 3. The first kappa shape index (κ1) is 25.8. The van der Waals surface area contributed by atoms with Crippen LogP contribution in [0.4, 0.5) is 0 Å². The molecule has 45 heavy (non-hydrogen) atoms. The Kier molecular flexibility index (Phi) is 5.25. The average molecular weight is 592 g/mol. The molecule has 1 aliphatic rings. The number of nitriles is 2. The van der Waals surface area contributed by atoms with E-state index >= 15 is 0 Å². The molecule has 0 aliphatic heterocycles. The molecule has 6 aromatic carbocycles. The van der Waals surface area contributed by atoms with Gasteiger partial charge in [0, 0.05) is 53.1 Å². The maximum Gasteiger partial charge on any atom is 0.0991 e. The van der Waals surface area contributed by atoms with Gasteiger partial charge in [0.25, 0.3) is 0 Å². The summed E-state index contributed by atoms with van der Waals surface area (Å²) in [5.74, 6) is 0. The molecule has 0 unspecified atom stereocenters. The molecule has 8 aromatic rings. The monoisotopic (exact) mass is 591 g/mol. The van der Waals surface area contributed by atoms with Crippen molar-refractivity contribution in [3.8, 4) is 40.1 Å². The van der Waals surface area contributed by atoms with Crippen molar-refractivity contribution in [3.05, 3.63) is 138 Å². The van der Waals surface area contributed by atoms with Crippen LogP contribution < -0.4 is 0 Å². The standard InChI is InChI=1S/C41H25N3S/c1-41(2)33-12-5-3-9-30(33)38-34(41)17-16-29-27-10-7-11-28(39(27)45-40(29)38)32-21-25(23-43)15-19-37(32)44-35-13-6-4-8-26(35)31-20-24(22-42)14-18-36(31)44/h3-21H,1-2H3. The highest BCUT2D eigenvalue weighted by Crippen LogP contribution is 2.54.